The molecular weight excluding hydrogens is 266 g/mol. The van der Waals surface area contributed by atoms with Gasteiger partial charge in [0.05, 0.1) is 13.3 Å². The predicted molar refractivity (Wildman–Crippen MR) is 81.5 cm³/mol. The monoisotopic (exact) mass is 287 g/mol. The maximum Gasteiger partial charge on any atom is 0.186 e. The maximum atomic E-state index is 12.6. The lowest BCUT2D eigenvalue weighted by atomic mass is 10.0. The molecular formula is C16H21N3O2. The summed E-state index contributed by atoms with van der Waals surface area (Å²) in [7, 11) is 1.54. The number of aromatic nitrogens is 2. The Bertz CT molecular complexity index is 605. The van der Waals surface area contributed by atoms with Crippen LogP contribution in [-0.4, -0.2) is 22.7 Å². The fourth-order valence-electron chi connectivity index (χ4n) is 2.27. The molecule has 1 aromatic heterocycles. The van der Waals surface area contributed by atoms with Gasteiger partial charge in [-0.1, -0.05) is 30.3 Å². The van der Waals surface area contributed by atoms with E-state index in [0.29, 0.717) is 11.4 Å². The third-order valence-corrected chi connectivity index (χ3v) is 3.37. The van der Waals surface area contributed by atoms with E-state index in [-0.39, 0.29) is 24.3 Å². The highest BCUT2D eigenvalue weighted by molar-refractivity contribution is 5.97. The molecule has 0 fully saturated rings. The Kier molecular flexibility index (Phi) is 4.75. The first kappa shape index (κ1) is 15.3. The smallest absolute Gasteiger partial charge is 0.186 e. The Hall–Kier alpha value is -2.14. The Morgan fingerprint density at radius 2 is 2.00 bits per heavy atom. The van der Waals surface area contributed by atoms with Gasteiger partial charge in [-0.25, -0.2) is 0 Å². The second kappa shape index (κ2) is 6.54. The Morgan fingerprint density at radius 1 is 1.33 bits per heavy atom. The van der Waals surface area contributed by atoms with Gasteiger partial charge < -0.3 is 10.5 Å². The lowest BCUT2D eigenvalue weighted by Gasteiger charge is -2.14. The number of nitrogens with two attached hydrogens (primary N) is 1. The number of carbonyl (C=O) groups is 1. The lowest BCUT2D eigenvalue weighted by Crippen LogP contribution is -2.19. The molecule has 0 bridgehead atoms. The minimum atomic E-state index is -0.334. The van der Waals surface area contributed by atoms with Gasteiger partial charge in [0.15, 0.2) is 11.5 Å². The molecule has 0 aliphatic carbocycles. The van der Waals surface area contributed by atoms with Crippen molar-refractivity contribution >= 4 is 5.78 Å². The van der Waals surface area contributed by atoms with Crippen molar-refractivity contribution in [1.29, 1.82) is 0 Å². The van der Waals surface area contributed by atoms with Crippen molar-refractivity contribution in [2.45, 2.75) is 32.4 Å². The van der Waals surface area contributed by atoms with E-state index < -0.39 is 0 Å². The first-order valence-corrected chi connectivity index (χ1v) is 6.99. The predicted octanol–water partition coefficient (Wildman–Crippen LogP) is 2.75. The van der Waals surface area contributed by atoms with Crippen molar-refractivity contribution in [2.24, 2.45) is 5.73 Å². The molecule has 0 aliphatic heterocycles. The molecule has 2 N–H and O–H groups in total. The number of hydrogen-bond donors (Lipinski definition) is 1. The summed E-state index contributed by atoms with van der Waals surface area (Å²) in [6.07, 6.45) is 1.79. The Balaban J connectivity index is 2.22. The molecule has 0 amide bonds. The van der Waals surface area contributed by atoms with Crippen LogP contribution in [0.25, 0.3) is 0 Å². The Morgan fingerprint density at radius 3 is 2.57 bits per heavy atom. The molecule has 1 atom stereocenters. The van der Waals surface area contributed by atoms with Crippen LogP contribution >= 0.6 is 0 Å². The summed E-state index contributed by atoms with van der Waals surface area (Å²) >= 11 is 0. The van der Waals surface area contributed by atoms with Crippen molar-refractivity contribution < 1.29 is 9.53 Å². The van der Waals surface area contributed by atoms with E-state index in [4.69, 9.17) is 10.5 Å². The maximum absolute atomic E-state index is 12.6. The molecule has 1 heterocycles. The van der Waals surface area contributed by atoms with E-state index in [1.54, 1.807) is 10.9 Å². The molecule has 0 saturated carbocycles. The van der Waals surface area contributed by atoms with Gasteiger partial charge in [0.25, 0.3) is 0 Å². The first-order valence-electron chi connectivity index (χ1n) is 6.99. The average Bonchev–Trinajstić information content (AvgIpc) is 2.92. The number of ether oxygens (including phenoxy) is 1. The van der Waals surface area contributed by atoms with Gasteiger partial charge in [0.2, 0.25) is 0 Å². The van der Waals surface area contributed by atoms with Crippen LogP contribution in [0.2, 0.25) is 0 Å². The number of ketones is 1. The van der Waals surface area contributed by atoms with Gasteiger partial charge >= 0.3 is 0 Å². The van der Waals surface area contributed by atoms with Gasteiger partial charge in [0.1, 0.15) is 5.69 Å². The molecule has 5 nitrogen and oxygen atoms in total. The van der Waals surface area contributed by atoms with Gasteiger partial charge in [-0.2, -0.15) is 5.10 Å². The van der Waals surface area contributed by atoms with Crippen molar-refractivity contribution in [3.8, 4) is 5.75 Å². The molecule has 1 unspecified atom stereocenters. The van der Waals surface area contributed by atoms with Crippen LogP contribution in [0.3, 0.4) is 0 Å². The summed E-state index contributed by atoms with van der Waals surface area (Å²) in [5.41, 5.74) is 7.56. The van der Waals surface area contributed by atoms with E-state index in [0.717, 1.165) is 5.56 Å². The zero-order chi connectivity index (χ0) is 15.4. The standard InChI is InChI=1S/C16H21N3O2/c1-11(2)19-16(15(21-3)10-18-19)14(20)9-13(17)12-7-5-4-6-8-12/h4-8,10-11,13H,9,17H2,1-3H3. The van der Waals surface area contributed by atoms with Crippen LogP contribution < -0.4 is 10.5 Å². The number of Topliss-reactive ketones (excluding diaryl/α,β-unsaturated/α-hetero) is 1. The third kappa shape index (κ3) is 3.31. The molecule has 5 heteroatoms. The van der Waals surface area contributed by atoms with Crippen LogP contribution in [-0.2, 0) is 0 Å². The van der Waals surface area contributed by atoms with Crippen molar-refractivity contribution in [3.63, 3.8) is 0 Å². The summed E-state index contributed by atoms with van der Waals surface area (Å²) in [5, 5.41) is 4.22. The molecule has 0 aliphatic rings. The summed E-state index contributed by atoms with van der Waals surface area (Å²) in [6, 6.07) is 9.36. The minimum Gasteiger partial charge on any atom is -0.493 e. The van der Waals surface area contributed by atoms with Crippen LogP contribution in [0.15, 0.2) is 36.5 Å². The van der Waals surface area contributed by atoms with Crippen molar-refractivity contribution in [3.05, 3.63) is 47.8 Å². The summed E-state index contributed by atoms with van der Waals surface area (Å²) in [6.45, 7) is 3.95. The van der Waals surface area contributed by atoms with E-state index in [1.165, 1.54) is 7.11 Å². The summed E-state index contributed by atoms with van der Waals surface area (Å²) in [4.78, 5) is 12.6. The number of carbonyl (C=O) groups excluding carboxylic acids is 1. The van der Waals surface area contributed by atoms with Crippen molar-refractivity contribution in [1.82, 2.24) is 9.78 Å². The second-order valence-corrected chi connectivity index (χ2v) is 5.24. The van der Waals surface area contributed by atoms with Gasteiger partial charge in [0, 0.05) is 18.5 Å². The van der Waals surface area contributed by atoms with Gasteiger partial charge in [-0.15, -0.1) is 0 Å². The lowest BCUT2D eigenvalue weighted by molar-refractivity contribution is 0.0958. The largest absolute Gasteiger partial charge is 0.493 e. The van der Waals surface area contributed by atoms with E-state index in [1.807, 2.05) is 44.2 Å². The van der Waals surface area contributed by atoms with E-state index in [2.05, 4.69) is 5.10 Å². The summed E-state index contributed by atoms with van der Waals surface area (Å²) < 4.78 is 6.92. The van der Waals surface area contributed by atoms with Crippen molar-refractivity contribution in [2.75, 3.05) is 7.11 Å². The highest BCUT2D eigenvalue weighted by Crippen LogP contribution is 2.25. The third-order valence-electron chi connectivity index (χ3n) is 3.37. The SMILES string of the molecule is COc1cnn(C(C)C)c1C(=O)CC(N)c1ccccc1. The molecule has 0 radical (unpaired) electrons. The van der Waals surface area contributed by atoms with Gasteiger partial charge in [-0.3, -0.25) is 9.48 Å². The quantitative estimate of drug-likeness (QED) is 0.829. The molecule has 1 aromatic carbocycles. The second-order valence-electron chi connectivity index (χ2n) is 5.24. The van der Waals surface area contributed by atoms with Crippen LogP contribution in [0, 0.1) is 0 Å². The number of rotatable bonds is 6. The Labute approximate surface area is 124 Å². The minimum absolute atomic E-state index is 0.0607. The topological polar surface area (TPSA) is 70.1 Å². The molecule has 2 aromatic rings. The average molecular weight is 287 g/mol. The fraction of sp³-hybridized carbons (Fsp3) is 0.375. The van der Waals surface area contributed by atoms with Crippen LogP contribution in [0.4, 0.5) is 0 Å². The molecule has 2 rings (SSSR count). The summed E-state index contributed by atoms with van der Waals surface area (Å²) in [5.74, 6) is 0.434. The zero-order valence-corrected chi connectivity index (χ0v) is 12.6. The van der Waals surface area contributed by atoms with Crippen LogP contribution in [0.5, 0.6) is 5.75 Å². The van der Waals surface area contributed by atoms with Gasteiger partial charge in [-0.05, 0) is 19.4 Å². The van der Waals surface area contributed by atoms with E-state index >= 15 is 0 Å². The highest BCUT2D eigenvalue weighted by Gasteiger charge is 2.23. The molecule has 0 saturated heterocycles. The van der Waals surface area contributed by atoms with Crippen LogP contribution in [0.1, 0.15) is 48.4 Å². The molecule has 21 heavy (non-hydrogen) atoms. The number of nitrogens with zero attached hydrogens (tertiary/aromatic N) is 2. The number of benzene rings is 1. The zero-order valence-electron chi connectivity index (χ0n) is 12.6. The molecule has 0 spiro atoms. The number of hydrogen-bond acceptors (Lipinski definition) is 4. The first-order chi connectivity index (χ1) is 10.0. The highest BCUT2D eigenvalue weighted by atomic mass is 16.5. The fourth-order valence-corrected chi connectivity index (χ4v) is 2.27. The molecule has 112 valence electrons. The normalized spacial score (nSPS) is 12.4. The number of methoxy groups -OCH3 is 1. The van der Waals surface area contributed by atoms with E-state index in [9.17, 15) is 4.79 Å².